The fraction of sp³-hybridized carbons (Fsp3) is 0.409. The number of aryl methyl sites for hydroxylation is 4. The Morgan fingerprint density at radius 2 is 2.04 bits per heavy atom. The van der Waals surface area contributed by atoms with Crippen LogP contribution in [0.4, 0.5) is 0 Å². The van der Waals surface area contributed by atoms with Crippen LogP contribution in [-0.4, -0.2) is 31.2 Å². The topological polar surface area (TPSA) is 88.2 Å². The van der Waals surface area contributed by atoms with Gasteiger partial charge in [0.05, 0.1) is 18.5 Å². The molecule has 0 amide bonds. The molecule has 3 aromatic rings. The molecule has 0 radical (unpaired) electrons. The fourth-order valence-electron chi connectivity index (χ4n) is 4.71. The summed E-state index contributed by atoms with van der Waals surface area (Å²) in [5, 5.41) is 27.9. The number of aliphatic hydroxyl groups excluding tert-OH is 1. The van der Waals surface area contributed by atoms with Crippen molar-refractivity contribution in [2.75, 3.05) is 0 Å². The van der Waals surface area contributed by atoms with Crippen molar-refractivity contribution >= 4 is 17.0 Å². The van der Waals surface area contributed by atoms with Gasteiger partial charge in [-0.15, -0.1) is 5.10 Å². The number of aliphatic hydroxyl groups is 1. The maximum atomic E-state index is 11.7. The molecule has 28 heavy (non-hydrogen) atoms. The highest BCUT2D eigenvalue weighted by atomic mass is 16.4. The molecule has 6 nitrogen and oxygen atoms in total. The van der Waals surface area contributed by atoms with Crippen LogP contribution >= 0.6 is 0 Å². The second kappa shape index (κ2) is 7.02. The number of carboxylic acids is 1. The van der Waals surface area contributed by atoms with E-state index in [0.717, 1.165) is 58.1 Å². The SMILES string of the molecule is Cc1c(C(CC(=O)O)c2cc(CO)c3c(c2)CCC3)cc(C)c2c1nnn2C. The molecule has 1 aliphatic carbocycles. The van der Waals surface area contributed by atoms with Crippen LogP contribution in [0.3, 0.4) is 0 Å². The van der Waals surface area contributed by atoms with E-state index in [9.17, 15) is 15.0 Å². The van der Waals surface area contributed by atoms with Gasteiger partial charge < -0.3 is 10.2 Å². The zero-order chi connectivity index (χ0) is 20.0. The van der Waals surface area contributed by atoms with Crippen molar-refractivity contribution in [3.8, 4) is 0 Å². The largest absolute Gasteiger partial charge is 0.481 e. The number of hydrogen-bond donors (Lipinski definition) is 2. The van der Waals surface area contributed by atoms with Crippen LogP contribution in [0.25, 0.3) is 11.0 Å². The number of hydrogen-bond acceptors (Lipinski definition) is 4. The first kappa shape index (κ1) is 18.6. The first-order valence-electron chi connectivity index (χ1n) is 9.67. The molecular weight excluding hydrogens is 354 g/mol. The molecule has 0 fully saturated rings. The van der Waals surface area contributed by atoms with Gasteiger partial charge in [0, 0.05) is 13.0 Å². The standard InChI is InChI=1S/C22H25N3O3/c1-12-7-18(13(2)21-22(12)25(3)24-23-21)19(10-20(27)28)15-8-14-5-4-6-17(14)16(9-15)11-26/h7-9,19,26H,4-6,10-11H2,1-3H3,(H,27,28). The summed E-state index contributed by atoms with van der Waals surface area (Å²) in [4.78, 5) is 11.7. The summed E-state index contributed by atoms with van der Waals surface area (Å²) in [7, 11) is 1.87. The number of benzene rings is 2. The van der Waals surface area contributed by atoms with E-state index in [4.69, 9.17) is 0 Å². The first-order chi connectivity index (χ1) is 13.4. The molecule has 2 N–H and O–H groups in total. The van der Waals surface area contributed by atoms with Crippen molar-refractivity contribution in [1.29, 1.82) is 0 Å². The van der Waals surface area contributed by atoms with Crippen molar-refractivity contribution < 1.29 is 15.0 Å². The van der Waals surface area contributed by atoms with Gasteiger partial charge in [-0.1, -0.05) is 23.4 Å². The van der Waals surface area contributed by atoms with Gasteiger partial charge in [0.1, 0.15) is 5.52 Å². The van der Waals surface area contributed by atoms with Gasteiger partial charge in [-0.2, -0.15) is 0 Å². The lowest BCUT2D eigenvalue weighted by Crippen LogP contribution is -2.12. The molecule has 6 heteroatoms. The lowest BCUT2D eigenvalue weighted by molar-refractivity contribution is -0.137. The number of nitrogens with zero attached hydrogens (tertiary/aromatic N) is 3. The number of carbonyl (C=O) groups is 1. The van der Waals surface area contributed by atoms with Gasteiger partial charge in [-0.25, -0.2) is 4.68 Å². The Bertz CT molecular complexity index is 1080. The molecule has 1 unspecified atom stereocenters. The Morgan fingerprint density at radius 3 is 2.75 bits per heavy atom. The number of fused-ring (bicyclic) bond motifs is 2. The minimum atomic E-state index is -0.840. The van der Waals surface area contributed by atoms with Crippen LogP contribution in [0.15, 0.2) is 18.2 Å². The summed E-state index contributed by atoms with van der Waals surface area (Å²) in [6.45, 7) is 3.98. The normalized spacial score (nSPS) is 14.4. The van der Waals surface area contributed by atoms with Gasteiger partial charge in [-0.05, 0) is 72.1 Å². The van der Waals surface area contributed by atoms with Crippen LogP contribution in [0, 0.1) is 13.8 Å². The average Bonchev–Trinajstić information content (AvgIpc) is 3.28. The molecule has 0 saturated carbocycles. The minimum Gasteiger partial charge on any atom is -0.481 e. The highest BCUT2D eigenvalue weighted by Gasteiger charge is 2.26. The van der Waals surface area contributed by atoms with Gasteiger partial charge in [0.2, 0.25) is 0 Å². The van der Waals surface area contributed by atoms with Gasteiger partial charge >= 0.3 is 5.97 Å². The summed E-state index contributed by atoms with van der Waals surface area (Å²) in [5.41, 5.74) is 9.11. The Hall–Kier alpha value is -2.73. The molecule has 0 bridgehead atoms. The van der Waals surface area contributed by atoms with E-state index >= 15 is 0 Å². The van der Waals surface area contributed by atoms with Crippen LogP contribution < -0.4 is 0 Å². The van der Waals surface area contributed by atoms with Gasteiger partial charge in [0.25, 0.3) is 0 Å². The zero-order valence-electron chi connectivity index (χ0n) is 16.5. The predicted octanol–water partition coefficient (Wildman–Crippen LogP) is 3.17. The molecule has 1 aliphatic rings. The summed E-state index contributed by atoms with van der Waals surface area (Å²) >= 11 is 0. The second-order valence-corrected chi connectivity index (χ2v) is 7.80. The van der Waals surface area contributed by atoms with E-state index < -0.39 is 5.97 Å². The average molecular weight is 379 g/mol. The highest BCUT2D eigenvalue weighted by molar-refractivity contribution is 5.83. The van der Waals surface area contributed by atoms with E-state index in [0.29, 0.717) is 0 Å². The van der Waals surface area contributed by atoms with E-state index in [-0.39, 0.29) is 18.9 Å². The van der Waals surface area contributed by atoms with Crippen molar-refractivity contribution in [2.45, 2.75) is 52.1 Å². The summed E-state index contributed by atoms with van der Waals surface area (Å²) in [6.07, 6.45) is 3.05. The first-order valence-corrected chi connectivity index (χ1v) is 9.67. The third kappa shape index (κ3) is 2.98. The van der Waals surface area contributed by atoms with E-state index in [2.05, 4.69) is 22.4 Å². The van der Waals surface area contributed by atoms with Crippen molar-refractivity contribution in [3.05, 3.63) is 57.1 Å². The summed E-state index contributed by atoms with van der Waals surface area (Å²) < 4.78 is 1.76. The molecular formula is C22H25N3O3. The van der Waals surface area contributed by atoms with Crippen LogP contribution in [0.5, 0.6) is 0 Å². The fourth-order valence-corrected chi connectivity index (χ4v) is 4.71. The Morgan fingerprint density at radius 1 is 1.25 bits per heavy atom. The molecule has 1 aromatic heterocycles. The number of aliphatic carboxylic acids is 1. The smallest absolute Gasteiger partial charge is 0.304 e. The van der Waals surface area contributed by atoms with Crippen LogP contribution in [0.2, 0.25) is 0 Å². The maximum absolute atomic E-state index is 11.7. The van der Waals surface area contributed by atoms with Gasteiger partial charge in [0.15, 0.2) is 0 Å². The zero-order valence-corrected chi connectivity index (χ0v) is 16.5. The Kier molecular flexibility index (Phi) is 4.67. The van der Waals surface area contributed by atoms with Crippen LogP contribution in [0.1, 0.15) is 57.7 Å². The molecule has 1 atom stereocenters. The van der Waals surface area contributed by atoms with Crippen LogP contribution in [-0.2, 0) is 31.3 Å². The number of aromatic nitrogens is 3. The third-order valence-electron chi connectivity index (χ3n) is 6.02. The summed E-state index contributed by atoms with van der Waals surface area (Å²) in [5.74, 6) is -1.13. The lowest BCUT2D eigenvalue weighted by Gasteiger charge is -2.22. The molecule has 0 aliphatic heterocycles. The molecule has 1 heterocycles. The monoisotopic (exact) mass is 379 g/mol. The Balaban J connectivity index is 1.92. The molecule has 4 rings (SSSR count). The third-order valence-corrected chi connectivity index (χ3v) is 6.02. The van der Waals surface area contributed by atoms with E-state index in [1.807, 2.05) is 27.0 Å². The quantitative estimate of drug-likeness (QED) is 0.711. The number of carboxylic acid groups (broad SMARTS) is 1. The molecule has 0 spiro atoms. The van der Waals surface area contributed by atoms with E-state index in [1.165, 1.54) is 11.1 Å². The highest BCUT2D eigenvalue weighted by Crippen LogP contribution is 2.37. The molecule has 2 aromatic carbocycles. The summed E-state index contributed by atoms with van der Waals surface area (Å²) in [6, 6.07) is 6.21. The lowest BCUT2D eigenvalue weighted by atomic mass is 9.82. The molecule has 0 saturated heterocycles. The maximum Gasteiger partial charge on any atom is 0.304 e. The predicted molar refractivity (Wildman–Crippen MR) is 106 cm³/mol. The van der Waals surface area contributed by atoms with E-state index in [1.54, 1.807) is 4.68 Å². The minimum absolute atomic E-state index is 0.00426. The molecule has 146 valence electrons. The number of rotatable bonds is 5. The van der Waals surface area contributed by atoms with Crippen molar-refractivity contribution in [1.82, 2.24) is 15.0 Å². The Labute approximate surface area is 163 Å². The van der Waals surface area contributed by atoms with Crippen molar-refractivity contribution in [3.63, 3.8) is 0 Å². The second-order valence-electron chi connectivity index (χ2n) is 7.80. The van der Waals surface area contributed by atoms with Gasteiger partial charge in [-0.3, -0.25) is 4.79 Å². The van der Waals surface area contributed by atoms with Crippen molar-refractivity contribution in [2.24, 2.45) is 7.05 Å².